The van der Waals surface area contributed by atoms with E-state index in [0.29, 0.717) is 11.2 Å². The van der Waals surface area contributed by atoms with Crippen LogP contribution in [0.5, 0.6) is 0 Å². The van der Waals surface area contributed by atoms with Crippen LogP contribution in [0, 0.1) is 11.6 Å². The second-order valence-corrected chi connectivity index (χ2v) is 6.57. The summed E-state index contributed by atoms with van der Waals surface area (Å²) in [6.45, 7) is -0.695. The van der Waals surface area contributed by atoms with E-state index >= 15 is 0 Å². The molecule has 2 aromatic carbocycles. The molecule has 0 fully saturated rings. The van der Waals surface area contributed by atoms with Gasteiger partial charge in [-0.2, -0.15) is 0 Å². The Morgan fingerprint density at radius 2 is 1.75 bits per heavy atom. The van der Waals surface area contributed by atoms with Crippen LogP contribution in [0.1, 0.15) is 5.56 Å². The molecule has 0 aliphatic rings. The zero-order valence-corrected chi connectivity index (χ0v) is 14.6. The Morgan fingerprint density at radius 1 is 0.929 bits per heavy atom. The maximum Gasteiger partial charge on any atom is 0.139 e. The Balaban J connectivity index is 1.61. The van der Waals surface area contributed by atoms with Gasteiger partial charge >= 0.3 is 0 Å². The van der Waals surface area contributed by atoms with Gasteiger partial charge in [-0.3, -0.25) is 0 Å². The van der Waals surface area contributed by atoms with Crippen molar-refractivity contribution in [1.29, 1.82) is 0 Å². The van der Waals surface area contributed by atoms with Gasteiger partial charge in [0, 0.05) is 45.4 Å². The maximum absolute atomic E-state index is 14.6. The number of furan rings is 1. The van der Waals surface area contributed by atoms with E-state index in [1.807, 2.05) is 24.4 Å². The average molecular weight is 376 g/mol. The van der Waals surface area contributed by atoms with Gasteiger partial charge in [0.15, 0.2) is 0 Å². The molecule has 0 saturated carbocycles. The van der Waals surface area contributed by atoms with Crippen LogP contribution in [-0.4, -0.2) is 14.5 Å². The summed E-state index contributed by atoms with van der Waals surface area (Å²) in [6.07, 6.45) is 6.96. The Bertz CT molecular complexity index is 1340. The molecule has 1 N–H and O–H groups in total. The third-order valence-electron chi connectivity index (χ3n) is 4.88. The van der Waals surface area contributed by atoms with Crippen molar-refractivity contribution in [1.82, 2.24) is 9.38 Å². The van der Waals surface area contributed by atoms with Crippen molar-refractivity contribution in [2.45, 2.75) is 6.61 Å². The molecule has 4 nitrogen and oxygen atoms in total. The smallest absolute Gasteiger partial charge is 0.139 e. The van der Waals surface area contributed by atoms with Gasteiger partial charge in [0.1, 0.15) is 17.3 Å². The van der Waals surface area contributed by atoms with E-state index in [1.54, 1.807) is 35.3 Å². The summed E-state index contributed by atoms with van der Waals surface area (Å²) >= 11 is 0. The summed E-state index contributed by atoms with van der Waals surface area (Å²) in [4.78, 5) is 4.62. The first-order valence-electron chi connectivity index (χ1n) is 8.67. The minimum absolute atomic E-state index is 0.224. The Hall–Kier alpha value is -3.51. The molecule has 28 heavy (non-hydrogen) atoms. The first-order valence-corrected chi connectivity index (χ1v) is 8.67. The lowest BCUT2D eigenvalue weighted by atomic mass is 10.0. The fourth-order valence-corrected chi connectivity index (χ4v) is 3.38. The van der Waals surface area contributed by atoms with Crippen molar-refractivity contribution >= 4 is 16.4 Å². The van der Waals surface area contributed by atoms with Crippen LogP contribution in [0.4, 0.5) is 8.78 Å². The summed E-state index contributed by atoms with van der Waals surface area (Å²) in [6, 6.07) is 12.0. The lowest BCUT2D eigenvalue weighted by Gasteiger charge is -2.08. The fraction of sp³-hybridized carbons (Fsp3) is 0.0455. The fourth-order valence-electron chi connectivity index (χ4n) is 3.38. The summed E-state index contributed by atoms with van der Waals surface area (Å²) in [5.74, 6) is -1.52. The van der Waals surface area contributed by atoms with Crippen LogP contribution < -0.4 is 0 Å². The minimum atomic E-state index is -0.760. The van der Waals surface area contributed by atoms with E-state index in [4.69, 9.17) is 4.42 Å². The second kappa shape index (κ2) is 6.28. The van der Waals surface area contributed by atoms with Gasteiger partial charge in [0.05, 0.1) is 24.8 Å². The molecular weight excluding hydrogens is 362 g/mol. The number of aliphatic hydroxyl groups excluding tert-OH is 1. The van der Waals surface area contributed by atoms with Crippen LogP contribution in [0.3, 0.4) is 0 Å². The molecular formula is C22H14F2N2O2. The van der Waals surface area contributed by atoms with Crippen LogP contribution in [0.25, 0.3) is 38.8 Å². The Labute approximate surface area is 158 Å². The number of rotatable bonds is 3. The largest absolute Gasteiger partial charge is 0.471 e. The third kappa shape index (κ3) is 2.58. The van der Waals surface area contributed by atoms with Crippen LogP contribution in [0.2, 0.25) is 0 Å². The SMILES string of the molecule is OCc1c(F)ccc(-c2ccc3nc(-c4ccc5cocc5c4)cn3c2)c1F. The topological polar surface area (TPSA) is 50.7 Å². The predicted molar refractivity (Wildman–Crippen MR) is 102 cm³/mol. The van der Waals surface area contributed by atoms with Crippen molar-refractivity contribution in [3.8, 4) is 22.4 Å². The second-order valence-electron chi connectivity index (χ2n) is 6.57. The Kier molecular flexibility index (Phi) is 3.74. The number of pyridine rings is 1. The Morgan fingerprint density at radius 3 is 2.61 bits per heavy atom. The normalized spacial score (nSPS) is 11.5. The first-order chi connectivity index (χ1) is 13.6. The highest BCUT2D eigenvalue weighted by atomic mass is 19.1. The molecule has 0 spiro atoms. The van der Waals surface area contributed by atoms with Gasteiger partial charge in [0.25, 0.3) is 0 Å². The minimum Gasteiger partial charge on any atom is -0.471 e. The van der Waals surface area contributed by atoms with Crippen molar-refractivity contribution in [3.05, 3.63) is 84.6 Å². The standard InChI is InChI=1S/C22H14F2N2O2/c23-19-5-4-17(22(24)18(19)10-27)14-3-6-21-25-20(9-26(21)8-14)13-1-2-15-11-28-12-16(15)7-13/h1-9,11-12,27H,10H2. The lowest BCUT2D eigenvalue weighted by molar-refractivity contribution is 0.269. The maximum atomic E-state index is 14.6. The molecule has 0 bridgehead atoms. The monoisotopic (exact) mass is 376 g/mol. The van der Waals surface area contributed by atoms with Gasteiger partial charge in [-0.15, -0.1) is 0 Å². The number of benzene rings is 2. The number of imidazole rings is 1. The molecule has 5 aromatic rings. The molecule has 3 aromatic heterocycles. The molecule has 6 heteroatoms. The van der Waals surface area contributed by atoms with Crippen molar-refractivity contribution in [3.63, 3.8) is 0 Å². The molecule has 0 aliphatic carbocycles. The van der Waals surface area contributed by atoms with Crippen molar-refractivity contribution < 1.29 is 18.3 Å². The zero-order valence-electron chi connectivity index (χ0n) is 14.6. The van der Waals surface area contributed by atoms with Gasteiger partial charge in [-0.1, -0.05) is 12.1 Å². The van der Waals surface area contributed by atoms with Gasteiger partial charge in [-0.05, 0) is 30.3 Å². The highest BCUT2D eigenvalue weighted by molar-refractivity contribution is 5.86. The number of fused-ring (bicyclic) bond motifs is 2. The zero-order chi connectivity index (χ0) is 19.3. The molecule has 0 aliphatic heterocycles. The average Bonchev–Trinajstić information content (AvgIpc) is 3.34. The number of aliphatic hydroxyl groups is 1. The number of hydrogen-bond acceptors (Lipinski definition) is 3. The predicted octanol–water partition coefficient (Wildman–Crippen LogP) is 5.19. The number of aromatic nitrogens is 2. The highest BCUT2D eigenvalue weighted by Gasteiger charge is 2.15. The van der Waals surface area contributed by atoms with E-state index < -0.39 is 18.2 Å². The van der Waals surface area contributed by atoms with E-state index in [1.165, 1.54) is 6.07 Å². The van der Waals surface area contributed by atoms with Crippen LogP contribution in [-0.2, 0) is 6.61 Å². The van der Waals surface area contributed by atoms with E-state index in [0.717, 1.165) is 28.1 Å². The van der Waals surface area contributed by atoms with Crippen molar-refractivity contribution in [2.24, 2.45) is 0 Å². The third-order valence-corrected chi connectivity index (χ3v) is 4.88. The number of hydrogen-bond donors (Lipinski definition) is 1. The quantitative estimate of drug-likeness (QED) is 0.472. The van der Waals surface area contributed by atoms with Gasteiger partial charge in [-0.25, -0.2) is 13.8 Å². The molecule has 0 saturated heterocycles. The molecule has 3 heterocycles. The van der Waals surface area contributed by atoms with Gasteiger partial charge in [0.2, 0.25) is 0 Å². The summed E-state index contributed by atoms with van der Waals surface area (Å²) in [7, 11) is 0. The van der Waals surface area contributed by atoms with E-state index in [9.17, 15) is 13.9 Å². The first kappa shape index (κ1) is 16.6. The molecule has 0 unspecified atom stereocenters. The number of halogens is 2. The van der Waals surface area contributed by atoms with Crippen LogP contribution >= 0.6 is 0 Å². The van der Waals surface area contributed by atoms with Crippen molar-refractivity contribution in [2.75, 3.05) is 0 Å². The van der Waals surface area contributed by atoms with E-state index in [2.05, 4.69) is 4.98 Å². The molecule has 5 rings (SSSR count). The van der Waals surface area contributed by atoms with Crippen LogP contribution in [0.15, 0.2) is 71.8 Å². The van der Waals surface area contributed by atoms with E-state index in [-0.39, 0.29) is 11.1 Å². The summed E-state index contributed by atoms with van der Waals surface area (Å²) < 4.78 is 35.2. The molecule has 138 valence electrons. The lowest BCUT2D eigenvalue weighted by Crippen LogP contribution is -1.98. The highest BCUT2D eigenvalue weighted by Crippen LogP contribution is 2.29. The number of nitrogens with zero attached hydrogens (tertiary/aromatic N) is 2. The van der Waals surface area contributed by atoms with Gasteiger partial charge < -0.3 is 13.9 Å². The summed E-state index contributed by atoms with van der Waals surface area (Å²) in [5, 5.41) is 11.2. The molecule has 0 radical (unpaired) electrons. The molecule has 0 amide bonds. The summed E-state index contributed by atoms with van der Waals surface area (Å²) in [5.41, 5.74) is 2.87. The molecule has 0 atom stereocenters.